The summed E-state index contributed by atoms with van der Waals surface area (Å²) in [5.41, 5.74) is 0.171. The van der Waals surface area contributed by atoms with E-state index in [1.807, 2.05) is 0 Å². The van der Waals surface area contributed by atoms with Crippen molar-refractivity contribution in [2.75, 3.05) is 59.1 Å². The molecule has 2 fully saturated rings. The lowest BCUT2D eigenvalue weighted by Gasteiger charge is -2.39. The Morgan fingerprint density at radius 2 is 1.92 bits per heavy atom. The first-order valence-electron chi connectivity index (χ1n) is 10.4. The maximum absolute atomic E-state index is 6.09. The summed E-state index contributed by atoms with van der Waals surface area (Å²) in [6, 6.07) is 0. The molecule has 0 bridgehead atoms. The van der Waals surface area contributed by atoms with Gasteiger partial charge >= 0.3 is 0 Å². The van der Waals surface area contributed by atoms with Crippen LogP contribution < -0.4 is 10.6 Å². The highest BCUT2D eigenvalue weighted by Gasteiger charge is 2.35. The number of ether oxygens (including phenoxy) is 2. The summed E-state index contributed by atoms with van der Waals surface area (Å²) in [7, 11) is 0. The topological polar surface area (TPSA) is 58.1 Å². The largest absolute Gasteiger partial charge is 0.379 e. The fourth-order valence-electron chi connectivity index (χ4n) is 3.87. The predicted octanol–water partition coefficient (Wildman–Crippen LogP) is 2.11. The van der Waals surface area contributed by atoms with Gasteiger partial charge in [0.15, 0.2) is 5.96 Å². The normalized spacial score (nSPS) is 25.9. The van der Waals surface area contributed by atoms with Crippen molar-refractivity contribution in [3.8, 4) is 0 Å². The molecule has 0 spiro atoms. The van der Waals surface area contributed by atoms with E-state index in [9.17, 15) is 0 Å². The molecule has 0 amide bonds. The zero-order chi connectivity index (χ0) is 18.8. The van der Waals surface area contributed by atoms with Crippen LogP contribution in [-0.2, 0) is 9.47 Å². The predicted molar refractivity (Wildman–Crippen MR) is 108 cm³/mol. The van der Waals surface area contributed by atoms with Crippen LogP contribution in [0.25, 0.3) is 0 Å². The van der Waals surface area contributed by atoms with Crippen LogP contribution in [0.15, 0.2) is 4.99 Å². The maximum atomic E-state index is 6.09. The summed E-state index contributed by atoms with van der Waals surface area (Å²) in [4.78, 5) is 7.34. The number of aliphatic imine (C=N–C) groups is 1. The number of nitrogens with zero attached hydrogens (tertiary/aromatic N) is 2. The molecule has 0 saturated carbocycles. The number of morpholine rings is 1. The Labute approximate surface area is 160 Å². The number of guanidine groups is 1. The Balaban J connectivity index is 1.77. The standard InChI is InChI=1S/C20H40N4O2/c1-5-21-19(22-9-7-10-24-11-14-25-15-12-24)23-16-17-8-6-13-26-18(17)20(2,3)4/h17-18H,5-16H2,1-4H3,(H2,21,22,23). The average Bonchev–Trinajstić information content (AvgIpc) is 2.63. The first-order chi connectivity index (χ1) is 12.5. The van der Waals surface area contributed by atoms with Gasteiger partial charge in [-0.2, -0.15) is 0 Å². The minimum Gasteiger partial charge on any atom is -0.379 e. The molecule has 0 aromatic carbocycles. The van der Waals surface area contributed by atoms with E-state index in [4.69, 9.17) is 14.5 Å². The van der Waals surface area contributed by atoms with Crippen LogP contribution in [0, 0.1) is 11.3 Å². The Kier molecular flexibility index (Phi) is 9.16. The van der Waals surface area contributed by atoms with Crippen LogP contribution in [0.3, 0.4) is 0 Å². The second-order valence-corrected chi connectivity index (χ2v) is 8.51. The first kappa shape index (κ1) is 21.5. The molecule has 6 nitrogen and oxygen atoms in total. The molecular weight excluding hydrogens is 328 g/mol. The Morgan fingerprint density at radius 1 is 1.15 bits per heavy atom. The van der Waals surface area contributed by atoms with E-state index < -0.39 is 0 Å². The van der Waals surface area contributed by atoms with Crippen LogP contribution in [0.5, 0.6) is 0 Å². The van der Waals surface area contributed by atoms with Gasteiger partial charge in [0.2, 0.25) is 0 Å². The highest BCUT2D eigenvalue weighted by atomic mass is 16.5. The molecule has 152 valence electrons. The van der Waals surface area contributed by atoms with Crippen molar-refractivity contribution >= 4 is 5.96 Å². The molecule has 0 aliphatic carbocycles. The van der Waals surface area contributed by atoms with Gasteiger partial charge in [0.05, 0.1) is 19.3 Å². The summed E-state index contributed by atoms with van der Waals surface area (Å²) in [5, 5.41) is 6.87. The number of nitrogens with one attached hydrogen (secondary N) is 2. The van der Waals surface area contributed by atoms with Crippen molar-refractivity contribution in [3.05, 3.63) is 0 Å². The molecule has 2 aliphatic heterocycles. The van der Waals surface area contributed by atoms with E-state index in [1.54, 1.807) is 0 Å². The van der Waals surface area contributed by atoms with Crippen molar-refractivity contribution in [2.45, 2.75) is 53.1 Å². The van der Waals surface area contributed by atoms with Crippen LogP contribution in [-0.4, -0.2) is 76.1 Å². The molecule has 2 atom stereocenters. The average molecular weight is 369 g/mol. The van der Waals surface area contributed by atoms with Crippen LogP contribution in [0.1, 0.15) is 47.0 Å². The monoisotopic (exact) mass is 368 g/mol. The summed E-state index contributed by atoms with van der Waals surface area (Å²) < 4.78 is 11.5. The fraction of sp³-hybridized carbons (Fsp3) is 0.950. The highest BCUT2D eigenvalue weighted by Crippen LogP contribution is 2.34. The van der Waals surface area contributed by atoms with Crippen molar-refractivity contribution in [1.82, 2.24) is 15.5 Å². The van der Waals surface area contributed by atoms with E-state index in [2.05, 4.69) is 43.2 Å². The molecular formula is C20H40N4O2. The fourth-order valence-corrected chi connectivity index (χ4v) is 3.87. The molecule has 26 heavy (non-hydrogen) atoms. The van der Waals surface area contributed by atoms with Crippen molar-refractivity contribution < 1.29 is 9.47 Å². The van der Waals surface area contributed by atoms with Gasteiger partial charge in [-0.15, -0.1) is 0 Å². The maximum Gasteiger partial charge on any atom is 0.191 e. The molecule has 6 heteroatoms. The van der Waals surface area contributed by atoms with Gasteiger partial charge in [-0.3, -0.25) is 9.89 Å². The van der Waals surface area contributed by atoms with Gasteiger partial charge in [0.25, 0.3) is 0 Å². The molecule has 2 unspecified atom stereocenters. The van der Waals surface area contributed by atoms with Gasteiger partial charge in [-0.25, -0.2) is 0 Å². The molecule has 2 N–H and O–H groups in total. The SMILES string of the molecule is CCNC(=NCC1CCCOC1C(C)(C)C)NCCCN1CCOCC1. The number of hydrogen-bond donors (Lipinski definition) is 2. The van der Waals surface area contributed by atoms with Crippen LogP contribution >= 0.6 is 0 Å². The third kappa shape index (κ3) is 7.41. The van der Waals surface area contributed by atoms with E-state index in [1.165, 1.54) is 6.42 Å². The molecule has 0 aromatic rings. The summed E-state index contributed by atoms with van der Waals surface area (Å²) in [5.74, 6) is 1.44. The molecule has 2 aliphatic rings. The molecule has 2 saturated heterocycles. The third-order valence-corrected chi connectivity index (χ3v) is 5.17. The lowest BCUT2D eigenvalue weighted by molar-refractivity contribution is -0.0823. The first-order valence-corrected chi connectivity index (χ1v) is 10.4. The van der Waals surface area contributed by atoms with Crippen LogP contribution in [0.2, 0.25) is 0 Å². The molecule has 0 aromatic heterocycles. The zero-order valence-electron chi connectivity index (χ0n) is 17.4. The Hall–Kier alpha value is -0.850. The van der Waals surface area contributed by atoms with E-state index >= 15 is 0 Å². The lowest BCUT2D eigenvalue weighted by atomic mass is 9.78. The summed E-state index contributed by atoms with van der Waals surface area (Å²) in [6.45, 7) is 17.5. The van der Waals surface area contributed by atoms with E-state index in [0.717, 1.165) is 77.9 Å². The Bertz CT molecular complexity index is 417. The van der Waals surface area contributed by atoms with Gasteiger partial charge in [0, 0.05) is 45.2 Å². The summed E-state index contributed by atoms with van der Waals surface area (Å²) in [6.07, 6.45) is 3.78. The van der Waals surface area contributed by atoms with Crippen LogP contribution in [0.4, 0.5) is 0 Å². The number of rotatable bonds is 7. The number of hydrogen-bond acceptors (Lipinski definition) is 4. The van der Waals surface area contributed by atoms with Gasteiger partial charge < -0.3 is 20.1 Å². The third-order valence-electron chi connectivity index (χ3n) is 5.17. The van der Waals surface area contributed by atoms with Crippen molar-refractivity contribution in [1.29, 1.82) is 0 Å². The summed E-state index contributed by atoms with van der Waals surface area (Å²) >= 11 is 0. The lowest BCUT2D eigenvalue weighted by Crippen LogP contribution is -2.43. The van der Waals surface area contributed by atoms with Crippen molar-refractivity contribution in [3.63, 3.8) is 0 Å². The highest BCUT2D eigenvalue weighted by molar-refractivity contribution is 5.79. The van der Waals surface area contributed by atoms with Gasteiger partial charge in [0.1, 0.15) is 0 Å². The minimum absolute atomic E-state index is 0.171. The smallest absolute Gasteiger partial charge is 0.191 e. The quantitative estimate of drug-likeness (QED) is 0.409. The van der Waals surface area contributed by atoms with Gasteiger partial charge in [-0.1, -0.05) is 20.8 Å². The van der Waals surface area contributed by atoms with E-state index in [0.29, 0.717) is 12.0 Å². The van der Waals surface area contributed by atoms with E-state index in [-0.39, 0.29) is 5.41 Å². The second kappa shape index (κ2) is 11.1. The zero-order valence-corrected chi connectivity index (χ0v) is 17.4. The molecule has 2 rings (SSSR count). The second-order valence-electron chi connectivity index (χ2n) is 8.51. The molecule has 2 heterocycles. The minimum atomic E-state index is 0.171. The Morgan fingerprint density at radius 3 is 2.62 bits per heavy atom. The van der Waals surface area contributed by atoms with Gasteiger partial charge in [-0.05, 0) is 38.1 Å². The molecule has 0 radical (unpaired) electrons. The van der Waals surface area contributed by atoms with Crippen molar-refractivity contribution in [2.24, 2.45) is 16.3 Å².